The number of hydrogen-bond donors (Lipinski definition) is 2. The molecule has 0 radical (unpaired) electrons. The minimum atomic E-state index is -1.25. The van der Waals surface area contributed by atoms with Crippen molar-refractivity contribution in [2.75, 3.05) is 51.5 Å². The normalized spacial score (nSPS) is 15.2. The molecule has 7 aromatic carbocycles. The monoisotopic (exact) mass is 1960 g/mol. The first-order valence-electron chi connectivity index (χ1n) is 41.7. The van der Waals surface area contributed by atoms with Crippen LogP contribution in [0.5, 0.6) is 5.75 Å². The highest BCUT2D eigenvalue weighted by molar-refractivity contribution is 8.77. The molecule has 708 valence electrons. The summed E-state index contributed by atoms with van der Waals surface area (Å²) in [5.74, 6) is -5.22. The van der Waals surface area contributed by atoms with Gasteiger partial charge in [0.05, 0.1) is 61.9 Å². The predicted molar refractivity (Wildman–Crippen MR) is 518 cm³/mol. The number of para-hydroxylation sites is 2. The quantitative estimate of drug-likeness (QED) is 0.00617. The zero-order valence-electron chi connectivity index (χ0n) is 73.9. The summed E-state index contributed by atoms with van der Waals surface area (Å²) in [5, 5.41) is 53.8. The summed E-state index contributed by atoms with van der Waals surface area (Å²) in [6.45, 7) is 19.4. The van der Waals surface area contributed by atoms with Gasteiger partial charge in [0.2, 0.25) is 0 Å². The highest BCUT2D eigenvalue weighted by Crippen LogP contribution is 2.49. The summed E-state index contributed by atoms with van der Waals surface area (Å²) < 4.78 is 96.3. The molecule has 0 saturated carbocycles. The molecule has 0 fully saturated rings. The molecule has 0 unspecified atom stereocenters. The number of halogens is 4. The fraction of sp³-hybridized carbons (Fsp3) is 0.292. The Morgan fingerprint density at radius 2 is 0.970 bits per heavy atom. The Hall–Kier alpha value is -12.5. The Balaban J connectivity index is 0.000000196. The molecule has 2 aliphatic rings. The van der Waals surface area contributed by atoms with Crippen molar-refractivity contribution < 1.29 is 95.0 Å². The molecule has 2 N–H and O–H groups in total. The standard InChI is InChI=1S/C35H36F2N4O6S2.C34H34F2N4O6S2.C26H22N2O7S2.CH4/c1-20-14-25-24-8-6-7-9-28(24)40(34(44)47-18-21(2)48-49-29-12-11-23(17-38-29)41(45)46)32(25)33(39(20)19-35(3,4)5)31-26(36)15-22(16-27(31)37)10-13-30(42)43;1-20-15-24-23-7-5-6-8-27(23)39(33(43)46-13-14-47-48-28-11-10-22(18-37-28)40(44)45)31(24)32(38(20)19-34(2,3)4)30-25(35)16-21(17-26(30)36)9-12-29(41)42;1-33-25(29)24-15-19-7-10-21(35-17-18-5-3-2-4-6-18)16-23(19)27(24)26(30)34-13-14-36-37-22-11-8-20(9-12-22)28(31)32;/h6-13,15-17,20-21,33H,14,18-19H2,1-5H3,(H,42,43);5-12,16-18,20,32H,13-15,19H2,1-4H3,(H,41,42);2-12,15-16H,13-14,17H2,1H3;1H4/b13-10+;12-9+;;/t20-,21-,33-;20-,32-;;/m11../s1. The number of methoxy groups -OCH3 is 1. The number of carboxylic acid groups (broad SMARTS) is 2. The molecule has 135 heavy (non-hydrogen) atoms. The third kappa shape index (κ3) is 26.2. The Morgan fingerprint density at radius 3 is 1.41 bits per heavy atom. The van der Waals surface area contributed by atoms with Crippen molar-refractivity contribution in [3.05, 3.63) is 310 Å². The molecular formula is C96H96F4N10O19S6. The van der Waals surface area contributed by atoms with E-state index in [1.165, 1.54) is 128 Å². The highest BCUT2D eigenvalue weighted by atomic mass is 33.1. The van der Waals surface area contributed by atoms with Crippen molar-refractivity contribution in [3.8, 4) is 5.75 Å². The number of carboxylic acids is 2. The number of esters is 1. The van der Waals surface area contributed by atoms with E-state index in [4.69, 9.17) is 33.9 Å². The lowest BCUT2D eigenvalue weighted by molar-refractivity contribution is -0.385. The average molecular weight is 1960 g/mol. The van der Waals surface area contributed by atoms with Gasteiger partial charge in [-0.05, 0) is 185 Å². The first kappa shape index (κ1) is 103. The van der Waals surface area contributed by atoms with Gasteiger partial charge < -0.3 is 33.9 Å². The van der Waals surface area contributed by atoms with Gasteiger partial charge in [0.25, 0.3) is 17.1 Å². The number of rotatable bonds is 30. The number of carbonyl (C=O) groups excluding carboxylic acids is 4. The summed E-state index contributed by atoms with van der Waals surface area (Å²) in [6, 6.07) is 45.2. The van der Waals surface area contributed by atoms with E-state index in [9.17, 15) is 59.1 Å². The van der Waals surface area contributed by atoms with Gasteiger partial charge in [0, 0.05) is 117 Å². The van der Waals surface area contributed by atoms with Crippen LogP contribution in [0.2, 0.25) is 0 Å². The van der Waals surface area contributed by atoms with Gasteiger partial charge in [-0.1, -0.05) is 159 Å². The van der Waals surface area contributed by atoms with E-state index in [0.717, 1.165) is 80.9 Å². The van der Waals surface area contributed by atoms with Gasteiger partial charge in [0.1, 0.15) is 83.6 Å². The zero-order chi connectivity index (χ0) is 96.6. The second-order valence-corrected chi connectivity index (χ2v) is 41.0. The highest BCUT2D eigenvalue weighted by Gasteiger charge is 2.46. The molecule has 0 aliphatic carbocycles. The average Bonchev–Trinajstić information content (AvgIpc) is 1.57. The zero-order valence-corrected chi connectivity index (χ0v) is 78.8. The van der Waals surface area contributed by atoms with E-state index in [-0.39, 0.29) is 100 Å². The number of nitrogens with zero attached hydrogens (tertiary/aromatic N) is 10. The van der Waals surface area contributed by atoms with Crippen molar-refractivity contribution in [2.45, 2.75) is 134 Å². The molecule has 12 aromatic rings. The molecule has 0 saturated heterocycles. The van der Waals surface area contributed by atoms with Crippen molar-refractivity contribution in [3.63, 3.8) is 0 Å². The second-order valence-electron chi connectivity index (χ2n) is 33.4. The Kier molecular flexibility index (Phi) is 35.2. The van der Waals surface area contributed by atoms with Gasteiger partial charge in [-0.3, -0.25) is 40.1 Å². The van der Waals surface area contributed by atoms with Crippen LogP contribution in [-0.2, 0) is 48.0 Å². The fourth-order valence-corrected chi connectivity index (χ4v) is 20.7. The first-order chi connectivity index (χ1) is 63.8. The maximum atomic E-state index is 16.2. The summed E-state index contributed by atoms with van der Waals surface area (Å²) in [7, 11) is 9.41. The van der Waals surface area contributed by atoms with Gasteiger partial charge in [-0.2, -0.15) is 0 Å². The smallest absolute Gasteiger partial charge is 0.419 e. The predicted octanol–water partition coefficient (Wildman–Crippen LogP) is 23.6. The van der Waals surface area contributed by atoms with Crippen molar-refractivity contribution in [1.29, 1.82) is 0 Å². The lowest BCUT2D eigenvalue weighted by Gasteiger charge is -2.44. The number of fused-ring (bicyclic) bond motifs is 7. The van der Waals surface area contributed by atoms with Gasteiger partial charge in [0.15, 0.2) is 0 Å². The molecule has 7 heterocycles. The van der Waals surface area contributed by atoms with Crippen LogP contribution in [0.3, 0.4) is 0 Å². The molecule has 2 aliphatic heterocycles. The minimum Gasteiger partial charge on any atom is -0.489 e. The number of non-ortho nitro benzene ring substituents is 1. The van der Waals surface area contributed by atoms with Crippen LogP contribution in [0.4, 0.5) is 49.0 Å². The number of carbonyl (C=O) groups is 6. The van der Waals surface area contributed by atoms with E-state index in [0.29, 0.717) is 93.2 Å². The summed E-state index contributed by atoms with van der Waals surface area (Å²) in [5.41, 5.74) is 3.95. The van der Waals surface area contributed by atoms with Gasteiger partial charge in [-0.25, -0.2) is 70.0 Å². The number of hydrogen-bond acceptors (Lipinski definition) is 27. The Bertz CT molecular complexity index is 6390. The van der Waals surface area contributed by atoms with Gasteiger partial charge >= 0.3 is 36.2 Å². The lowest BCUT2D eigenvalue weighted by atomic mass is 9.85. The summed E-state index contributed by atoms with van der Waals surface area (Å²) in [4.78, 5) is 120. The summed E-state index contributed by atoms with van der Waals surface area (Å²) >= 11 is 0. The molecule has 29 nitrogen and oxygen atoms in total. The number of nitro benzene ring substituents is 1. The number of pyridine rings is 2. The maximum Gasteiger partial charge on any atom is 0.419 e. The van der Waals surface area contributed by atoms with Crippen LogP contribution in [-0.4, -0.2) is 163 Å². The third-order valence-corrected chi connectivity index (χ3v) is 28.3. The van der Waals surface area contributed by atoms with Crippen LogP contribution in [0, 0.1) is 64.4 Å². The molecule has 0 bridgehead atoms. The van der Waals surface area contributed by atoms with Crippen LogP contribution in [0.1, 0.15) is 143 Å². The molecule has 5 atom stereocenters. The lowest BCUT2D eigenvalue weighted by Crippen LogP contribution is -2.47. The number of nitro groups is 3. The van der Waals surface area contributed by atoms with Crippen molar-refractivity contribution in [1.82, 2.24) is 33.5 Å². The van der Waals surface area contributed by atoms with E-state index in [1.807, 2.05) is 127 Å². The largest absolute Gasteiger partial charge is 0.489 e. The second kappa shape index (κ2) is 46.2. The Labute approximate surface area is 797 Å². The minimum absolute atomic E-state index is 0. The number of benzene rings is 7. The summed E-state index contributed by atoms with van der Waals surface area (Å²) in [6.07, 6.45) is 5.20. The third-order valence-electron chi connectivity index (χ3n) is 21.0. The van der Waals surface area contributed by atoms with Crippen molar-refractivity contribution >= 4 is 163 Å². The number of ether oxygens (including phenoxy) is 5. The Morgan fingerprint density at radius 1 is 0.533 bits per heavy atom. The fourth-order valence-electron chi connectivity index (χ4n) is 15.4. The van der Waals surface area contributed by atoms with E-state index in [2.05, 4.69) is 9.97 Å². The van der Waals surface area contributed by atoms with Crippen LogP contribution in [0.15, 0.2) is 215 Å². The molecule has 0 spiro atoms. The van der Waals surface area contributed by atoms with E-state index >= 15 is 17.6 Å². The number of aromatic nitrogens is 5. The molecule has 39 heteroatoms. The molecular weight excluding hydrogens is 1870 g/mol. The SMILES string of the molecule is C.COC(=O)c1cc2ccc(OCc3ccccc3)cc2n1C(=O)OCCSSc1ccc([N+](=O)[O-])cc1.C[C@@H]1Cc2c(n(C(=O)OCCSSc3ccc([N+](=O)[O-])cn3)c3ccccc23)[C@@H](c2c(F)cc(/C=C/C(=O)O)cc2F)N1CC(C)(C)C.C[C@H](COC(=O)n1c2c(c3ccccc31)C[C@@H](C)N(CC(C)(C)C)[C@@H]2c1c(F)cc(/C=C/C(=O)O)cc1F)SSc1ccc([N+](=O)[O-])cn1. The number of aliphatic carboxylic acids is 2. The van der Waals surface area contributed by atoms with Crippen molar-refractivity contribution in [2.24, 2.45) is 10.8 Å². The topological polar surface area (TPSA) is 365 Å². The molecule has 0 amide bonds. The molecule has 5 aromatic heterocycles. The van der Waals surface area contributed by atoms with Crippen LogP contribution in [0.25, 0.3) is 44.9 Å². The maximum absolute atomic E-state index is 16.2. The van der Waals surface area contributed by atoms with E-state index < -0.39 is 86.3 Å². The molecule has 14 rings (SSSR count). The van der Waals surface area contributed by atoms with E-state index in [1.54, 1.807) is 66.7 Å². The van der Waals surface area contributed by atoms with Gasteiger partial charge in [-0.15, -0.1) is 0 Å². The first-order valence-corrected chi connectivity index (χ1v) is 48.6. The van der Waals surface area contributed by atoms with Crippen LogP contribution >= 0.6 is 64.8 Å². The van der Waals surface area contributed by atoms with Crippen LogP contribution < -0.4 is 4.74 Å².